The number of amides is 1. The van der Waals surface area contributed by atoms with Crippen LogP contribution in [0.2, 0.25) is 0 Å². The van der Waals surface area contributed by atoms with E-state index in [1.807, 2.05) is 0 Å². The minimum atomic E-state index is -0.931. The number of halogens is 2. The van der Waals surface area contributed by atoms with Gasteiger partial charge in [0.15, 0.2) is 6.10 Å². The van der Waals surface area contributed by atoms with Gasteiger partial charge in [0.1, 0.15) is 11.9 Å². The van der Waals surface area contributed by atoms with Crippen LogP contribution in [0.5, 0.6) is 5.75 Å². The van der Waals surface area contributed by atoms with Crippen LogP contribution in [0, 0.1) is 3.57 Å². The number of carbonyl (C=O) groups excluding carboxylic acids is 2. The summed E-state index contributed by atoms with van der Waals surface area (Å²) in [5.41, 5.74) is 0.950. The Labute approximate surface area is 208 Å². The minimum Gasteiger partial charge on any atom is -0.508 e. The number of carbonyl (C=O) groups is 2. The molecule has 7 nitrogen and oxygen atoms in total. The van der Waals surface area contributed by atoms with E-state index in [1.165, 1.54) is 6.07 Å². The average molecular weight is 624 g/mol. The number of thiol groups is 1. The van der Waals surface area contributed by atoms with Crippen molar-refractivity contribution in [3.8, 4) is 5.75 Å². The van der Waals surface area contributed by atoms with Crippen LogP contribution in [0.3, 0.4) is 0 Å². The zero-order valence-corrected chi connectivity index (χ0v) is 21.4. The second-order valence-electron chi connectivity index (χ2n) is 6.32. The van der Waals surface area contributed by atoms with E-state index >= 15 is 0 Å². The van der Waals surface area contributed by atoms with E-state index in [9.17, 15) is 14.7 Å². The standard InChI is InChI=1S/C21H23BrINO6S/c1-2-28-18(9-10-29-19(26)12-31)20(16-11-14(23)5-8-17(16)25)30-21(27)24-15-6-3-13(22)4-7-15/h3-8,11,18,20,25,31H,2,9-10,12H2,1H3,(H,24,27)/t18-,20-/m1/s1. The Hall–Kier alpha value is -1.50. The highest BCUT2D eigenvalue weighted by atomic mass is 127. The third kappa shape index (κ3) is 8.51. The van der Waals surface area contributed by atoms with Crippen molar-refractivity contribution in [2.24, 2.45) is 0 Å². The normalized spacial score (nSPS) is 12.6. The first-order valence-electron chi connectivity index (χ1n) is 9.43. The van der Waals surface area contributed by atoms with Gasteiger partial charge in [-0.25, -0.2) is 4.79 Å². The number of aromatic hydroxyl groups is 1. The molecular weight excluding hydrogens is 601 g/mol. The lowest BCUT2D eigenvalue weighted by atomic mass is 10.0. The summed E-state index contributed by atoms with van der Waals surface area (Å²) in [7, 11) is 0. The largest absolute Gasteiger partial charge is 0.508 e. The van der Waals surface area contributed by atoms with Crippen molar-refractivity contribution in [2.45, 2.75) is 25.6 Å². The van der Waals surface area contributed by atoms with Crippen LogP contribution < -0.4 is 5.32 Å². The molecule has 2 aromatic carbocycles. The third-order valence-corrected chi connectivity index (χ3v) is 5.59. The first-order chi connectivity index (χ1) is 14.8. The molecule has 0 heterocycles. The number of phenolic OH excluding ortho intramolecular Hbond substituents is 1. The third-order valence-electron chi connectivity index (χ3n) is 4.13. The van der Waals surface area contributed by atoms with E-state index in [-0.39, 0.29) is 24.5 Å². The lowest BCUT2D eigenvalue weighted by Gasteiger charge is -2.28. The fourth-order valence-corrected chi connectivity index (χ4v) is 3.63. The van der Waals surface area contributed by atoms with Gasteiger partial charge in [0, 0.05) is 32.3 Å². The molecule has 0 aromatic heterocycles. The maximum atomic E-state index is 12.6. The summed E-state index contributed by atoms with van der Waals surface area (Å²) in [6.45, 7) is 2.20. The molecule has 0 bridgehead atoms. The molecule has 0 spiro atoms. The highest BCUT2D eigenvalue weighted by molar-refractivity contribution is 14.1. The molecular formula is C21H23BrINO6S. The quantitative estimate of drug-likeness (QED) is 0.189. The molecule has 2 aromatic rings. The number of esters is 1. The van der Waals surface area contributed by atoms with E-state index in [0.717, 1.165) is 8.04 Å². The van der Waals surface area contributed by atoms with Gasteiger partial charge in [-0.05, 0) is 72.0 Å². The Morgan fingerprint density at radius 1 is 1.23 bits per heavy atom. The van der Waals surface area contributed by atoms with E-state index in [0.29, 0.717) is 17.9 Å². The molecule has 0 saturated carbocycles. The van der Waals surface area contributed by atoms with E-state index in [2.05, 4.69) is 56.5 Å². The lowest BCUT2D eigenvalue weighted by molar-refractivity contribution is -0.142. The minimum absolute atomic E-state index is 0.0288. The van der Waals surface area contributed by atoms with Crippen LogP contribution in [-0.4, -0.2) is 42.2 Å². The van der Waals surface area contributed by atoms with Gasteiger partial charge in [-0.2, -0.15) is 12.6 Å². The molecule has 2 atom stereocenters. The van der Waals surface area contributed by atoms with Crippen LogP contribution in [0.15, 0.2) is 46.9 Å². The maximum absolute atomic E-state index is 12.6. The Morgan fingerprint density at radius 3 is 2.58 bits per heavy atom. The number of benzene rings is 2. The maximum Gasteiger partial charge on any atom is 0.412 e. The van der Waals surface area contributed by atoms with Gasteiger partial charge in [-0.1, -0.05) is 15.9 Å². The topological polar surface area (TPSA) is 94.1 Å². The summed E-state index contributed by atoms with van der Waals surface area (Å²) in [5.74, 6) is -0.521. The number of nitrogens with one attached hydrogen (secondary N) is 1. The summed E-state index contributed by atoms with van der Waals surface area (Å²) in [6, 6.07) is 12.0. The van der Waals surface area contributed by atoms with Crippen molar-refractivity contribution >= 4 is 68.9 Å². The van der Waals surface area contributed by atoms with Gasteiger partial charge < -0.3 is 19.3 Å². The molecule has 2 rings (SSSR count). The molecule has 0 aliphatic rings. The molecule has 0 saturated heterocycles. The number of hydrogen-bond donors (Lipinski definition) is 3. The molecule has 0 fully saturated rings. The van der Waals surface area contributed by atoms with Gasteiger partial charge in [-0.15, -0.1) is 0 Å². The Balaban J connectivity index is 2.24. The van der Waals surface area contributed by atoms with Crippen molar-refractivity contribution < 1.29 is 28.9 Å². The lowest BCUT2D eigenvalue weighted by Crippen LogP contribution is -2.30. The summed E-state index contributed by atoms with van der Waals surface area (Å²) in [6.07, 6.45) is -2.03. The number of rotatable bonds is 10. The first kappa shape index (κ1) is 25.8. The number of ether oxygens (including phenoxy) is 3. The van der Waals surface area contributed by atoms with Crippen LogP contribution >= 0.6 is 51.1 Å². The summed E-state index contributed by atoms with van der Waals surface area (Å²) in [5, 5.41) is 13.1. The summed E-state index contributed by atoms with van der Waals surface area (Å²) in [4.78, 5) is 24.1. The van der Waals surface area contributed by atoms with E-state index in [1.54, 1.807) is 43.3 Å². The monoisotopic (exact) mass is 623 g/mol. The van der Waals surface area contributed by atoms with Gasteiger partial charge >= 0.3 is 12.1 Å². The van der Waals surface area contributed by atoms with Crippen LogP contribution in [0.1, 0.15) is 25.0 Å². The Morgan fingerprint density at radius 2 is 1.94 bits per heavy atom. The van der Waals surface area contributed by atoms with Crippen molar-refractivity contribution in [3.05, 3.63) is 56.1 Å². The van der Waals surface area contributed by atoms with Crippen molar-refractivity contribution in [2.75, 3.05) is 24.3 Å². The predicted octanol–water partition coefficient (Wildman–Crippen LogP) is 5.32. The number of phenols is 1. The van der Waals surface area contributed by atoms with Gasteiger partial charge in [0.2, 0.25) is 0 Å². The average Bonchev–Trinajstić information content (AvgIpc) is 2.75. The van der Waals surface area contributed by atoms with Crippen molar-refractivity contribution in [1.29, 1.82) is 0 Å². The van der Waals surface area contributed by atoms with Gasteiger partial charge in [-0.3, -0.25) is 10.1 Å². The zero-order chi connectivity index (χ0) is 22.8. The van der Waals surface area contributed by atoms with E-state index in [4.69, 9.17) is 14.2 Å². The number of hydrogen-bond acceptors (Lipinski definition) is 7. The predicted molar refractivity (Wildman–Crippen MR) is 133 cm³/mol. The first-order valence-corrected chi connectivity index (χ1v) is 11.9. The van der Waals surface area contributed by atoms with Gasteiger partial charge in [0.25, 0.3) is 0 Å². The molecule has 2 N–H and O–H groups in total. The summed E-state index contributed by atoms with van der Waals surface area (Å²) >= 11 is 9.33. The summed E-state index contributed by atoms with van der Waals surface area (Å²) < 4.78 is 18.3. The van der Waals surface area contributed by atoms with Crippen LogP contribution in [0.4, 0.5) is 10.5 Å². The fraction of sp³-hybridized carbons (Fsp3) is 0.333. The zero-order valence-electron chi connectivity index (χ0n) is 16.7. The second kappa shape index (κ2) is 13.1. The van der Waals surface area contributed by atoms with Crippen molar-refractivity contribution in [3.63, 3.8) is 0 Å². The molecule has 0 radical (unpaired) electrons. The highest BCUT2D eigenvalue weighted by Crippen LogP contribution is 2.34. The Bertz CT molecular complexity index is 883. The van der Waals surface area contributed by atoms with Crippen LogP contribution in [-0.2, 0) is 19.0 Å². The molecule has 10 heteroatoms. The van der Waals surface area contributed by atoms with E-state index < -0.39 is 24.3 Å². The second-order valence-corrected chi connectivity index (χ2v) is 8.80. The molecule has 0 unspecified atom stereocenters. The Kier molecular flexibility index (Phi) is 10.9. The van der Waals surface area contributed by atoms with Gasteiger partial charge in [0.05, 0.1) is 12.4 Å². The molecule has 0 aliphatic carbocycles. The van der Waals surface area contributed by atoms with Crippen LogP contribution in [0.25, 0.3) is 0 Å². The number of anilines is 1. The molecule has 0 aliphatic heterocycles. The highest BCUT2D eigenvalue weighted by Gasteiger charge is 2.30. The SMILES string of the molecule is CCO[C@H](CCOC(=O)CS)[C@H](OC(=O)Nc1ccc(Br)cc1)c1cc(I)ccc1O. The smallest absolute Gasteiger partial charge is 0.412 e. The molecule has 31 heavy (non-hydrogen) atoms. The molecule has 168 valence electrons. The van der Waals surface area contributed by atoms with Crippen molar-refractivity contribution in [1.82, 2.24) is 0 Å². The fourth-order valence-electron chi connectivity index (χ4n) is 2.76. The molecule has 1 amide bonds.